The van der Waals surface area contributed by atoms with E-state index in [0.717, 1.165) is 5.69 Å². The summed E-state index contributed by atoms with van der Waals surface area (Å²) in [6.45, 7) is 0. The molecule has 160 valence electrons. The first-order valence-corrected chi connectivity index (χ1v) is 10.3. The van der Waals surface area contributed by atoms with E-state index in [1.807, 2.05) is 30.3 Å². The van der Waals surface area contributed by atoms with Gasteiger partial charge in [-0.1, -0.05) is 41.4 Å². The summed E-state index contributed by atoms with van der Waals surface area (Å²) in [5.41, 5.74) is 3.07. The molecule has 0 aromatic heterocycles. The summed E-state index contributed by atoms with van der Waals surface area (Å²) in [5.74, 6) is -0.369. The van der Waals surface area contributed by atoms with Crippen molar-refractivity contribution >= 4 is 51.8 Å². The number of aliphatic imine (C=N–C) groups is 1. The van der Waals surface area contributed by atoms with Crippen LogP contribution in [0.15, 0.2) is 95.3 Å². The number of allylic oxidation sites excluding steroid dienone is 2. The molecule has 0 atom stereocenters. The number of nitrogens with zero attached hydrogens (tertiary/aromatic N) is 1. The van der Waals surface area contributed by atoms with Crippen LogP contribution in [-0.4, -0.2) is 21.7 Å². The molecule has 1 aliphatic rings. The van der Waals surface area contributed by atoms with Crippen molar-refractivity contribution in [3.8, 4) is 11.5 Å². The first kappa shape index (κ1) is 21.5. The molecule has 3 aromatic carbocycles. The second-order valence-electron chi connectivity index (χ2n) is 6.90. The second-order valence-corrected chi connectivity index (χ2v) is 7.71. The molecule has 0 heterocycles. The van der Waals surface area contributed by atoms with Gasteiger partial charge in [-0.2, -0.15) is 0 Å². The van der Waals surface area contributed by atoms with Gasteiger partial charge in [0.1, 0.15) is 11.5 Å². The van der Waals surface area contributed by atoms with E-state index in [1.54, 1.807) is 18.2 Å². The topological polar surface area (TPSA) is 94.0 Å². The number of para-hydroxylation sites is 1. The Morgan fingerprint density at radius 2 is 1.38 bits per heavy atom. The van der Waals surface area contributed by atoms with Gasteiger partial charge in [-0.15, -0.1) is 0 Å². The Morgan fingerprint density at radius 1 is 0.719 bits per heavy atom. The Morgan fingerprint density at radius 3 is 2.06 bits per heavy atom. The van der Waals surface area contributed by atoms with Crippen LogP contribution in [0.3, 0.4) is 0 Å². The lowest BCUT2D eigenvalue weighted by Crippen LogP contribution is -2.22. The van der Waals surface area contributed by atoms with Crippen molar-refractivity contribution in [2.24, 2.45) is 4.99 Å². The van der Waals surface area contributed by atoms with Crippen LogP contribution in [0.2, 0.25) is 10.0 Å². The highest BCUT2D eigenvalue weighted by Gasteiger charge is 2.20. The molecule has 0 amide bonds. The van der Waals surface area contributed by atoms with E-state index in [4.69, 9.17) is 23.2 Å². The zero-order valence-electron chi connectivity index (χ0n) is 16.5. The van der Waals surface area contributed by atoms with Gasteiger partial charge in [0.2, 0.25) is 5.78 Å². The predicted molar refractivity (Wildman–Crippen MR) is 128 cm³/mol. The number of halogens is 2. The number of carbonyl (C=O) groups is 1. The van der Waals surface area contributed by atoms with Crippen LogP contribution in [0.25, 0.3) is 0 Å². The second kappa shape index (κ2) is 9.18. The normalized spacial score (nSPS) is 14.7. The minimum Gasteiger partial charge on any atom is -0.506 e. The smallest absolute Gasteiger partial charge is 0.204 e. The molecule has 0 unspecified atom stereocenters. The zero-order valence-corrected chi connectivity index (χ0v) is 18.0. The molecule has 0 spiro atoms. The fourth-order valence-electron chi connectivity index (χ4n) is 2.98. The molecule has 6 nitrogen and oxygen atoms in total. The predicted octanol–water partition coefficient (Wildman–Crippen LogP) is 6.05. The highest BCUT2D eigenvalue weighted by Crippen LogP contribution is 2.30. The lowest BCUT2D eigenvalue weighted by molar-refractivity contribution is -0.111. The molecular weight excluding hydrogens is 449 g/mol. The molecule has 1 aliphatic carbocycles. The minimum atomic E-state index is -0.268. The average molecular weight is 466 g/mol. The third kappa shape index (κ3) is 4.94. The Kier molecular flexibility index (Phi) is 6.16. The number of phenols is 2. The van der Waals surface area contributed by atoms with Crippen molar-refractivity contribution < 1.29 is 15.0 Å². The SMILES string of the molecule is O=C1C=C(Nc2ccccc2)/C(=N\c2ccc(O)c(Cl)c2)C=C1Nc1ccc(O)c(Cl)c1. The highest BCUT2D eigenvalue weighted by molar-refractivity contribution is 6.32. The summed E-state index contributed by atoms with van der Waals surface area (Å²) < 4.78 is 0. The van der Waals surface area contributed by atoms with Crippen molar-refractivity contribution in [2.45, 2.75) is 0 Å². The maximum atomic E-state index is 12.8. The Labute approximate surface area is 194 Å². The van der Waals surface area contributed by atoms with Gasteiger partial charge in [-0.25, -0.2) is 4.99 Å². The molecule has 0 bridgehead atoms. The summed E-state index contributed by atoms with van der Waals surface area (Å²) in [5, 5.41) is 25.9. The van der Waals surface area contributed by atoms with Gasteiger partial charge < -0.3 is 20.8 Å². The number of benzene rings is 3. The lowest BCUT2D eigenvalue weighted by Gasteiger charge is -2.18. The third-order valence-electron chi connectivity index (χ3n) is 4.56. The molecule has 0 aliphatic heterocycles. The standard InChI is InChI=1S/C24H17Cl2N3O3/c25-17-10-15(6-8-22(17)30)28-19-12-21(29-16-7-9-23(31)18(26)11-16)24(32)13-20(19)27-14-4-2-1-3-5-14/h1-13,27,29-31H/b28-19-. The highest BCUT2D eigenvalue weighted by atomic mass is 35.5. The van der Waals surface area contributed by atoms with Crippen molar-refractivity contribution in [1.29, 1.82) is 0 Å². The maximum Gasteiger partial charge on any atom is 0.204 e. The van der Waals surface area contributed by atoms with E-state index in [0.29, 0.717) is 22.8 Å². The minimum absolute atomic E-state index is 0.0466. The molecular formula is C24H17Cl2N3O3. The quantitative estimate of drug-likeness (QED) is 0.271. The Hall–Kier alpha value is -3.74. The lowest BCUT2D eigenvalue weighted by atomic mass is 10.0. The fourth-order valence-corrected chi connectivity index (χ4v) is 3.34. The van der Waals surface area contributed by atoms with Crippen LogP contribution in [-0.2, 0) is 4.79 Å². The molecule has 0 radical (unpaired) electrons. The number of carbonyl (C=O) groups excluding carboxylic acids is 1. The molecule has 0 saturated heterocycles. The van der Waals surface area contributed by atoms with E-state index < -0.39 is 0 Å². The molecule has 32 heavy (non-hydrogen) atoms. The van der Waals surface area contributed by atoms with Gasteiger partial charge in [-0.05, 0) is 54.6 Å². The number of anilines is 2. The summed E-state index contributed by atoms with van der Waals surface area (Å²) >= 11 is 12.0. The fraction of sp³-hybridized carbons (Fsp3) is 0. The largest absolute Gasteiger partial charge is 0.506 e. The van der Waals surface area contributed by atoms with Crippen LogP contribution in [0.4, 0.5) is 17.1 Å². The number of hydrogen-bond donors (Lipinski definition) is 4. The first-order chi connectivity index (χ1) is 15.4. The van der Waals surface area contributed by atoms with Gasteiger partial charge in [-0.3, -0.25) is 4.79 Å². The number of rotatable bonds is 5. The monoisotopic (exact) mass is 465 g/mol. The van der Waals surface area contributed by atoms with Gasteiger partial charge in [0.25, 0.3) is 0 Å². The molecule has 4 rings (SSSR count). The first-order valence-electron chi connectivity index (χ1n) is 9.52. The number of hydrogen-bond acceptors (Lipinski definition) is 6. The van der Waals surface area contributed by atoms with Crippen LogP contribution in [0.5, 0.6) is 11.5 Å². The van der Waals surface area contributed by atoms with Gasteiger partial charge in [0.05, 0.1) is 32.8 Å². The van der Waals surface area contributed by atoms with Crippen molar-refractivity contribution in [2.75, 3.05) is 10.6 Å². The molecule has 8 heteroatoms. The Balaban J connectivity index is 1.71. The maximum absolute atomic E-state index is 12.8. The number of ketones is 1. The van der Waals surface area contributed by atoms with E-state index in [9.17, 15) is 15.0 Å². The van der Waals surface area contributed by atoms with Crippen LogP contribution in [0.1, 0.15) is 0 Å². The number of aromatic hydroxyl groups is 2. The summed E-state index contributed by atoms with van der Waals surface area (Å²) in [7, 11) is 0. The summed E-state index contributed by atoms with van der Waals surface area (Å²) in [6.07, 6.45) is 3.05. The molecule has 3 aromatic rings. The molecule has 4 N–H and O–H groups in total. The van der Waals surface area contributed by atoms with Crippen LogP contribution in [0, 0.1) is 0 Å². The molecule has 0 fully saturated rings. The average Bonchev–Trinajstić information content (AvgIpc) is 2.77. The van der Waals surface area contributed by atoms with E-state index in [2.05, 4.69) is 15.6 Å². The van der Waals surface area contributed by atoms with Gasteiger partial charge >= 0.3 is 0 Å². The number of nitrogens with one attached hydrogen (secondary N) is 2. The van der Waals surface area contributed by atoms with Crippen molar-refractivity contribution in [3.63, 3.8) is 0 Å². The van der Waals surface area contributed by atoms with Crippen LogP contribution >= 0.6 is 23.2 Å². The van der Waals surface area contributed by atoms with Crippen molar-refractivity contribution in [3.05, 3.63) is 100 Å². The third-order valence-corrected chi connectivity index (χ3v) is 5.16. The summed E-state index contributed by atoms with van der Waals surface area (Å²) in [4.78, 5) is 17.4. The summed E-state index contributed by atoms with van der Waals surface area (Å²) in [6, 6.07) is 18.5. The van der Waals surface area contributed by atoms with E-state index >= 15 is 0 Å². The Bertz CT molecular complexity index is 1280. The van der Waals surface area contributed by atoms with Crippen LogP contribution < -0.4 is 10.6 Å². The van der Waals surface area contributed by atoms with Crippen molar-refractivity contribution in [1.82, 2.24) is 0 Å². The van der Waals surface area contributed by atoms with Gasteiger partial charge in [0.15, 0.2) is 0 Å². The zero-order chi connectivity index (χ0) is 22.7. The van der Waals surface area contributed by atoms with Gasteiger partial charge in [0, 0.05) is 17.5 Å². The van der Waals surface area contributed by atoms with E-state index in [-0.39, 0.29) is 33.0 Å². The number of phenolic OH excluding ortho intramolecular Hbond substituents is 2. The van der Waals surface area contributed by atoms with E-state index in [1.165, 1.54) is 30.3 Å². The molecule has 0 saturated carbocycles.